The summed E-state index contributed by atoms with van der Waals surface area (Å²) in [5.41, 5.74) is 38.9. The predicted octanol–water partition coefficient (Wildman–Crippen LogP) is -6.10. The molecular weight excluding hydrogens is 696 g/mol. The Kier molecular flexibility index (Phi) is 17.7. The van der Waals surface area contributed by atoms with Gasteiger partial charge in [-0.15, -0.1) is 0 Å². The molecule has 1 heterocycles. The van der Waals surface area contributed by atoms with E-state index in [4.69, 9.17) is 40.1 Å². The SMILES string of the molecule is NC(=O)[C@H](CCCN=C(N)N)NC(=O)[C@H](CCCN=C(N)N)NC(=O)[C@H](CCCN=C(N)N)NC(=O)CNC(=O)CNC(=O)c1ccc2n[nH]nc2c1. The van der Waals surface area contributed by atoms with E-state index in [0.717, 1.165) is 0 Å². The quantitative estimate of drug-likeness (QED) is 0.0286. The summed E-state index contributed by atoms with van der Waals surface area (Å²) in [5, 5.41) is 22.7. The Morgan fingerprint density at radius 1 is 0.604 bits per heavy atom. The molecule has 24 heteroatoms. The van der Waals surface area contributed by atoms with Gasteiger partial charge >= 0.3 is 0 Å². The highest BCUT2D eigenvalue weighted by atomic mass is 16.2. The first-order valence-corrected chi connectivity index (χ1v) is 16.4. The van der Waals surface area contributed by atoms with Crippen molar-refractivity contribution < 1.29 is 28.8 Å². The third kappa shape index (κ3) is 16.7. The molecule has 0 saturated carbocycles. The highest BCUT2D eigenvalue weighted by Gasteiger charge is 2.29. The number of fused-ring (bicyclic) bond motifs is 1. The van der Waals surface area contributed by atoms with Crippen LogP contribution >= 0.6 is 0 Å². The molecule has 3 atom stereocenters. The number of hydrogen-bond acceptors (Lipinski definition) is 11. The molecule has 0 saturated heterocycles. The van der Waals surface area contributed by atoms with Crippen LogP contribution in [0.2, 0.25) is 0 Å². The molecule has 24 nitrogen and oxygen atoms in total. The van der Waals surface area contributed by atoms with Crippen molar-refractivity contribution in [3.8, 4) is 0 Å². The van der Waals surface area contributed by atoms with Crippen LogP contribution in [0.3, 0.4) is 0 Å². The van der Waals surface area contributed by atoms with E-state index in [9.17, 15) is 28.8 Å². The molecule has 0 aliphatic carbocycles. The molecule has 0 bridgehead atoms. The summed E-state index contributed by atoms with van der Waals surface area (Å²) in [6.07, 6.45) is 0.919. The lowest BCUT2D eigenvalue weighted by Gasteiger charge is -2.25. The fraction of sp³-hybridized carbons (Fsp3) is 0.483. The van der Waals surface area contributed by atoms with Crippen LogP contribution in [0.1, 0.15) is 48.9 Å². The molecular formula is C29H48N18O6. The van der Waals surface area contributed by atoms with Crippen LogP contribution in [0.25, 0.3) is 11.0 Å². The third-order valence-electron chi connectivity index (χ3n) is 7.21. The predicted molar refractivity (Wildman–Crippen MR) is 194 cm³/mol. The maximum absolute atomic E-state index is 13.5. The van der Waals surface area contributed by atoms with E-state index in [0.29, 0.717) is 17.5 Å². The van der Waals surface area contributed by atoms with Crippen molar-refractivity contribution in [2.24, 2.45) is 55.1 Å². The molecule has 2 aromatic rings. The maximum atomic E-state index is 13.5. The Morgan fingerprint density at radius 3 is 1.60 bits per heavy atom. The summed E-state index contributed by atoms with van der Waals surface area (Å²) < 4.78 is 0. The Morgan fingerprint density at radius 2 is 1.08 bits per heavy atom. The summed E-state index contributed by atoms with van der Waals surface area (Å²) >= 11 is 0. The number of hydrogen-bond donors (Lipinski definition) is 13. The molecule has 1 aromatic heterocycles. The first kappa shape index (κ1) is 42.4. The third-order valence-corrected chi connectivity index (χ3v) is 7.21. The molecule has 2 rings (SSSR count). The van der Waals surface area contributed by atoms with E-state index in [-0.39, 0.29) is 75.2 Å². The number of nitrogens with one attached hydrogen (secondary N) is 6. The van der Waals surface area contributed by atoms with Crippen molar-refractivity contribution >= 4 is 64.4 Å². The van der Waals surface area contributed by atoms with Crippen molar-refractivity contribution in [3.05, 3.63) is 23.8 Å². The van der Waals surface area contributed by atoms with Gasteiger partial charge in [0, 0.05) is 25.2 Å². The molecule has 6 amide bonds. The number of benzene rings is 1. The topological polar surface area (TPSA) is 423 Å². The second-order valence-electron chi connectivity index (χ2n) is 11.5. The van der Waals surface area contributed by atoms with Gasteiger partial charge in [0.15, 0.2) is 17.9 Å². The lowest BCUT2D eigenvalue weighted by molar-refractivity contribution is -0.133. The number of carbonyl (C=O) groups excluding carboxylic acids is 6. The number of aliphatic imine (C=N–C) groups is 3. The summed E-state index contributed by atoms with van der Waals surface area (Å²) in [6.45, 7) is -0.597. The number of rotatable bonds is 23. The van der Waals surface area contributed by atoms with Crippen LogP contribution in [-0.4, -0.2) is 120 Å². The minimum atomic E-state index is -1.22. The number of carbonyl (C=O) groups is 6. The summed E-state index contributed by atoms with van der Waals surface area (Å²) in [7, 11) is 0. The van der Waals surface area contributed by atoms with Gasteiger partial charge in [0.1, 0.15) is 29.2 Å². The number of H-pyrrole nitrogens is 1. The van der Waals surface area contributed by atoms with Crippen molar-refractivity contribution in [2.75, 3.05) is 32.7 Å². The normalized spacial score (nSPS) is 12.2. The van der Waals surface area contributed by atoms with Gasteiger partial charge in [0.25, 0.3) is 5.91 Å². The van der Waals surface area contributed by atoms with Gasteiger partial charge in [-0.2, -0.15) is 15.4 Å². The second-order valence-corrected chi connectivity index (χ2v) is 11.5. The largest absolute Gasteiger partial charge is 0.370 e. The van der Waals surface area contributed by atoms with E-state index in [1.165, 1.54) is 12.1 Å². The maximum Gasteiger partial charge on any atom is 0.251 e. The number of aromatic nitrogens is 3. The monoisotopic (exact) mass is 744 g/mol. The molecule has 53 heavy (non-hydrogen) atoms. The fourth-order valence-electron chi connectivity index (χ4n) is 4.61. The van der Waals surface area contributed by atoms with E-state index in [1.807, 2.05) is 0 Å². The first-order valence-electron chi connectivity index (χ1n) is 16.4. The molecule has 0 unspecified atom stereocenters. The Balaban J connectivity index is 2.07. The number of primary amides is 1. The van der Waals surface area contributed by atoms with Gasteiger partial charge in [0.05, 0.1) is 13.1 Å². The molecule has 0 aliphatic heterocycles. The van der Waals surface area contributed by atoms with E-state index in [2.05, 4.69) is 57.0 Å². The van der Waals surface area contributed by atoms with E-state index in [1.54, 1.807) is 6.07 Å². The number of amides is 6. The highest BCUT2D eigenvalue weighted by molar-refractivity contribution is 5.99. The van der Waals surface area contributed by atoms with Crippen molar-refractivity contribution in [1.82, 2.24) is 42.0 Å². The number of nitrogens with zero attached hydrogens (tertiary/aromatic N) is 5. The Hall–Kier alpha value is -6.75. The summed E-state index contributed by atoms with van der Waals surface area (Å²) in [5.74, 6) is -4.83. The Bertz CT molecular complexity index is 1660. The molecule has 1 aromatic carbocycles. The van der Waals surface area contributed by atoms with E-state index < -0.39 is 66.7 Å². The van der Waals surface area contributed by atoms with Crippen LogP contribution in [0, 0.1) is 0 Å². The minimum absolute atomic E-state index is 0.0191. The molecule has 0 spiro atoms. The second kappa shape index (κ2) is 22.1. The lowest BCUT2D eigenvalue weighted by Crippen LogP contribution is -2.57. The van der Waals surface area contributed by atoms with Gasteiger partial charge < -0.3 is 66.7 Å². The van der Waals surface area contributed by atoms with Gasteiger partial charge in [-0.05, 0) is 56.7 Å². The molecule has 20 N–H and O–H groups in total. The van der Waals surface area contributed by atoms with E-state index >= 15 is 0 Å². The molecule has 0 radical (unpaired) electrons. The van der Waals surface area contributed by atoms with Gasteiger partial charge in [-0.1, -0.05) is 0 Å². The minimum Gasteiger partial charge on any atom is -0.370 e. The fourth-order valence-corrected chi connectivity index (χ4v) is 4.61. The lowest BCUT2D eigenvalue weighted by atomic mass is 10.1. The van der Waals surface area contributed by atoms with Crippen molar-refractivity contribution in [3.63, 3.8) is 0 Å². The molecule has 290 valence electrons. The van der Waals surface area contributed by atoms with Crippen LogP contribution < -0.4 is 66.7 Å². The van der Waals surface area contributed by atoms with Gasteiger partial charge in [-0.25, -0.2) is 0 Å². The van der Waals surface area contributed by atoms with Crippen molar-refractivity contribution in [1.29, 1.82) is 0 Å². The zero-order valence-corrected chi connectivity index (χ0v) is 29.0. The average Bonchev–Trinajstić information content (AvgIpc) is 3.57. The van der Waals surface area contributed by atoms with Crippen LogP contribution in [-0.2, 0) is 24.0 Å². The zero-order chi connectivity index (χ0) is 39.3. The summed E-state index contributed by atoms with van der Waals surface area (Å²) in [4.78, 5) is 88.4. The number of aromatic amines is 1. The smallest absolute Gasteiger partial charge is 0.251 e. The number of guanidine groups is 3. The first-order chi connectivity index (χ1) is 25.2. The van der Waals surface area contributed by atoms with Gasteiger partial charge in [0.2, 0.25) is 29.5 Å². The van der Waals surface area contributed by atoms with Crippen molar-refractivity contribution in [2.45, 2.75) is 56.7 Å². The highest BCUT2D eigenvalue weighted by Crippen LogP contribution is 2.10. The average molecular weight is 745 g/mol. The molecule has 0 fully saturated rings. The standard InChI is InChI=1S/C29H48N18O6/c30-23(50)17(4-1-9-37-27(31)32)43-26(53)19(6-3-11-39-29(35)36)44-25(52)18(5-2-10-38-28(33)34)42-22(49)14-40-21(48)13-41-24(51)15-7-8-16-20(12-15)46-47-45-16/h7-8,12,17-19H,1-6,9-11,13-14H2,(H2,30,50)(H,40,48)(H,41,51)(H,42,49)(H,43,53)(H,44,52)(H4,31,32,37)(H4,33,34,38)(H4,35,36,39)(H,45,46,47)/t17-,18-,19-/m0/s1. The van der Waals surface area contributed by atoms with Gasteiger partial charge in [-0.3, -0.25) is 43.7 Å². The van der Waals surface area contributed by atoms with Crippen LogP contribution in [0.4, 0.5) is 0 Å². The van der Waals surface area contributed by atoms with Crippen LogP contribution in [0.5, 0.6) is 0 Å². The number of nitrogens with two attached hydrogens (primary N) is 7. The zero-order valence-electron chi connectivity index (χ0n) is 29.0. The summed E-state index contributed by atoms with van der Waals surface area (Å²) in [6, 6.07) is 1.02. The van der Waals surface area contributed by atoms with Crippen LogP contribution in [0.15, 0.2) is 33.2 Å². The molecule has 0 aliphatic rings. The Labute approximate surface area is 303 Å².